The summed E-state index contributed by atoms with van der Waals surface area (Å²) in [5.74, 6) is 0.928. The zero-order valence-electron chi connectivity index (χ0n) is 15.8. The number of thiophene rings is 1. The smallest absolute Gasteiger partial charge is 0.191 e. The highest BCUT2D eigenvalue weighted by Gasteiger charge is 2.21. The predicted octanol–water partition coefficient (Wildman–Crippen LogP) is 2.15. The van der Waals surface area contributed by atoms with E-state index in [4.69, 9.17) is 0 Å². The minimum absolute atomic E-state index is 0.508. The van der Waals surface area contributed by atoms with Gasteiger partial charge in [-0.15, -0.1) is 11.3 Å². The molecule has 1 saturated heterocycles. The molecule has 0 spiro atoms. The Bertz CT molecular complexity index is 550. The molecule has 0 amide bonds. The number of hydrogen-bond donors (Lipinski definition) is 2. The van der Waals surface area contributed by atoms with Gasteiger partial charge in [0.2, 0.25) is 0 Å². The topological polar surface area (TPSA) is 42.9 Å². The molecule has 140 valence electrons. The van der Waals surface area contributed by atoms with E-state index < -0.39 is 0 Å². The van der Waals surface area contributed by atoms with Crippen LogP contribution in [0, 0.1) is 0 Å². The van der Waals surface area contributed by atoms with E-state index in [9.17, 15) is 0 Å². The van der Waals surface area contributed by atoms with E-state index in [2.05, 4.69) is 43.8 Å². The Morgan fingerprint density at radius 2 is 2.08 bits per heavy atom. The number of nitrogens with one attached hydrogen (secondary N) is 2. The molecular weight excluding hydrogens is 330 g/mol. The molecule has 0 saturated carbocycles. The van der Waals surface area contributed by atoms with Gasteiger partial charge in [-0.05, 0) is 56.3 Å². The number of aliphatic imine (C=N–C) groups is 1. The molecule has 1 unspecified atom stereocenters. The summed E-state index contributed by atoms with van der Waals surface area (Å²) >= 11 is 1.91. The second-order valence-corrected chi connectivity index (χ2v) is 8.22. The van der Waals surface area contributed by atoms with Gasteiger partial charge in [0.1, 0.15) is 0 Å². The predicted molar refractivity (Wildman–Crippen MR) is 108 cm³/mol. The minimum atomic E-state index is 0.508. The molecule has 1 atom stereocenters. The lowest BCUT2D eigenvalue weighted by Gasteiger charge is -2.33. The molecule has 0 aliphatic carbocycles. The molecule has 1 aromatic heterocycles. The van der Waals surface area contributed by atoms with Crippen LogP contribution in [0.4, 0.5) is 0 Å². The Hall–Kier alpha value is -1.11. The fourth-order valence-electron chi connectivity index (χ4n) is 3.76. The van der Waals surface area contributed by atoms with Crippen molar-refractivity contribution in [2.24, 2.45) is 4.99 Å². The first kappa shape index (κ1) is 18.7. The monoisotopic (exact) mass is 363 g/mol. The number of likely N-dealkylation sites (tertiary alicyclic amines) is 1. The number of fused-ring (bicyclic) bond motifs is 1. The maximum absolute atomic E-state index is 4.37. The van der Waals surface area contributed by atoms with Crippen LogP contribution in [0.1, 0.15) is 36.6 Å². The largest absolute Gasteiger partial charge is 0.355 e. The highest BCUT2D eigenvalue weighted by atomic mass is 32.1. The van der Waals surface area contributed by atoms with Crippen LogP contribution < -0.4 is 10.6 Å². The van der Waals surface area contributed by atoms with Crippen LogP contribution in [-0.4, -0.2) is 68.1 Å². The van der Waals surface area contributed by atoms with Crippen molar-refractivity contribution in [3.63, 3.8) is 0 Å². The normalized spacial score (nSPS) is 21.0. The van der Waals surface area contributed by atoms with Gasteiger partial charge in [0, 0.05) is 50.7 Å². The van der Waals surface area contributed by atoms with E-state index >= 15 is 0 Å². The van der Waals surface area contributed by atoms with Gasteiger partial charge in [-0.1, -0.05) is 6.42 Å². The molecule has 2 N–H and O–H groups in total. The number of hydrogen-bond acceptors (Lipinski definition) is 4. The van der Waals surface area contributed by atoms with E-state index in [1.165, 1.54) is 44.3 Å². The maximum Gasteiger partial charge on any atom is 0.191 e. The molecule has 5 nitrogen and oxygen atoms in total. The highest BCUT2D eigenvalue weighted by Crippen LogP contribution is 2.24. The van der Waals surface area contributed by atoms with Gasteiger partial charge in [0.25, 0.3) is 0 Å². The van der Waals surface area contributed by atoms with Crippen molar-refractivity contribution in [2.45, 2.75) is 45.2 Å². The molecule has 3 heterocycles. The summed E-state index contributed by atoms with van der Waals surface area (Å²) in [6.07, 6.45) is 5.30. The van der Waals surface area contributed by atoms with Gasteiger partial charge < -0.3 is 15.5 Å². The number of rotatable bonds is 6. The van der Waals surface area contributed by atoms with Crippen molar-refractivity contribution in [3.8, 4) is 0 Å². The Morgan fingerprint density at radius 1 is 1.24 bits per heavy atom. The van der Waals surface area contributed by atoms with Crippen LogP contribution >= 0.6 is 11.3 Å². The third-order valence-corrected chi connectivity index (χ3v) is 6.44. The second-order valence-electron chi connectivity index (χ2n) is 7.22. The molecule has 6 heteroatoms. The lowest BCUT2D eigenvalue weighted by Crippen LogP contribution is -2.48. The Kier molecular flexibility index (Phi) is 7.13. The summed E-state index contributed by atoms with van der Waals surface area (Å²) in [5.41, 5.74) is 1.52. The van der Waals surface area contributed by atoms with Gasteiger partial charge in [-0.2, -0.15) is 0 Å². The summed E-state index contributed by atoms with van der Waals surface area (Å²) in [5, 5.41) is 9.20. The van der Waals surface area contributed by atoms with E-state index in [-0.39, 0.29) is 0 Å². The van der Waals surface area contributed by atoms with Crippen LogP contribution in [0.5, 0.6) is 0 Å². The quantitative estimate of drug-likeness (QED) is 0.600. The Balaban J connectivity index is 1.36. The molecule has 0 radical (unpaired) electrons. The fraction of sp³-hybridized carbons (Fsp3) is 0.737. The summed E-state index contributed by atoms with van der Waals surface area (Å²) in [6.45, 7) is 10.1. The highest BCUT2D eigenvalue weighted by molar-refractivity contribution is 7.10. The first-order valence-corrected chi connectivity index (χ1v) is 10.6. The minimum Gasteiger partial charge on any atom is -0.355 e. The average molecular weight is 364 g/mol. The molecular formula is C19H33N5S. The van der Waals surface area contributed by atoms with Crippen LogP contribution in [0.25, 0.3) is 0 Å². The Morgan fingerprint density at radius 3 is 2.88 bits per heavy atom. The third-order valence-electron chi connectivity index (χ3n) is 5.42. The van der Waals surface area contributed by atoms with Crippen molar-refractivity contribution >= 4 is 17.3 Å². The summed E-state index contributed by atoms with van der Waals surface area (Å²) < 4.78 is 0. The lowest BCUT2D eigenvalue weighted by molar-refractivity contribution is 0.192. The molecule has 2 aliphatic rings. The van der Waals surface area contributed by atoms with Crippen molar-refractivity contribution < 1.29 is 0 Å². The van der Waals surface area contributed by atoms with E-state index in [0.29, 0.717) is 6.04 Å². The van der Waals surface area contributed by atoms with Gasteiger partial charge in [0.15, 0.2) is 5.96 Å². The summed E-state index contributed by atoms with van der Waals surface area (Å²) in [7, 11) is 1.86. The van der Waals surface area contributed by atoms with Crippen molar-refractivity contribution in [1.29, 1.82) is 0 Å². The summed E-state index contributed by atoms with van der Waals surface area (Å²) in [6, 6.07) is 2.79. The number of piperidine rings is 1. The average Bonchev–Trinajstić information content (AvgIpc) is 3.13. The molecule has 1 fully saturated rings. The van der Waals surface area contributed by atoms with E-state index in [0.717, 1.165) is 38.7 Å². The Labute approximate surface area is 156 Å². The van der Waals surface area contributed by atoms with Gasteiger partial charge in [-0.25, -0.2) is 0 Å². The van der Waals surface area contributed by atoms with Crippen molar-refractivity contribution in [1.82, 2.24) is 20.4 Å². The van der Waals surface area contributed by atoms with Crippen LogP contribution in [0.15, 0.2) is 16.4 Å². The molecule has 1 aromatic rings. The third kappa shape index (κ3) is 5.43. The second kappa shape index (κ2) is 9.55. The number of nitrogens with zero attached hydrogens (tertiary/aromatic N) is 3. The zero-order valence-corrected chi connectivity index (χ0v) is 16.6. The van der Waals surface area contributed by atoms with Crippen LogP contribution in [0.3, 0.4) is 0 Å². The SMILES string of the molecule is CN=C(NCCN1CCCCC1)NCC(C)N1CCc2sccc2C1. The van der Waals surface area contributed by atoms with Gasteiger partial charge in [0.05, 0.1) is 0 Å². The fourth-order valence-corrected chi connectivity index (χ4v) is 4.65. The van der Waals surface area contributed by atoms with Gasteiger partial charge in [-0.3, -0.25) is 9.89 Å². The lowest BCUT2D eigenvalue weighted by atomic mass is 10.1. The first-order valence-electron chi connectivity index (χ1n) is 9.72. The molecule has 0 aromatic carbocycles. The zero-order chi connectivity index (χ0) is 17.5. The molecule has 25 heavy (non-hydrogen) atoms. The standard InChI is InChI=1S/C19H33N5S/c1-16(24-11-6-18-17(15-24)7-13-25-18)14-22-19(20-2)21-8-12-23-9-4-3-5-10-23/h7,13,16H,3-6,8-12,14-15H2,1-2H3,(H2,20,21,22). The maximum atomic E-state index is 4.37. The molecule has 0 bridgehead atoms. The van der Waals surface area contributed by atoms with Gasteiger partial charge >= 0.3 is 0 Å². The molecule has 3 rings (SSSR count). The van der Waals surface area contributed by atoms with E-state index in [1.807, 2.05) is 18.4 Å². The number of guanidine groups is 1. The van der Waals surface area contributed by atoms with E-state index in [1.54, 1.807) is 4.88 Å². The van der Waals surface area contributed by atoms with Crippen LogP contribution in [-0.2, 0) is 13.0 Å². The molecule has 2 aliphatic heterocycles. The van der Waals surface area contributed by atoms with Crippen LogP contribution in [0.2, 0.25) is 0 Å². The van der Waals surface area contributed by atoms with Crippen molar-refractivity contribution in [3.05, 3.63) is 21.9 Å². The summed E-state index contributed by atoms with van der Waals surface area (Å²) in [4.78, 5) is 11.1. The first-order chi connectivity index (χ1) is 12.3. The van der Waals surface area contributed by atoms with Crippen molar-refractivity contribution in [2.75, 3.05) is 46.3 Å².